The molecular weight excluding hydrogens is 543 g/mol. The van der Waals surface area contributed by atoms with Crippen molar-refractivity contribution >= 4 is 46.7 Å². The number of allylic oxidation sites excluding steroid dienone is 2. The van der Waals surface area contributed by atoms with Gasteiger partial charge in [-0.1, -0.05) is 67.9 Å². The maximum Gasteiger partial charge on any atom is 0.227 e. The standard InChI is InChI=1S/C28H30Cl2N4O3S/c1-5-36-23-11-16(8-10-22(23)37-15-17-7-9-18(29)12-19(17)30)25-24-20(13-28(3,4)14-21(24)35)31-26-32-27(38-6-2)33-34(25)26/h7-12,25H,5-6,13-15H2,1-4H3,(H,31,32,33). The molecule has 2 heterocycles. The molecule has 0 spiro atoms. The summed E-state index contributed by atoms with van der Waals surface area (Å²) >= 11 is 13.9. The number of nitrogens with one attached hydrogen (secondary N) is 1. The predicted octanol–water partition coefficient (Wildman–Crippen LogP) is 7.33. The minimum absolute atomic E-state index is 0.121. The van der Waals surface area contributed by atoms with Crippen molar-refractivity contribution in [3.8, 4) is 11.5 Å². The Morgan fingerprint density at radius 2 is 1.92 bits per heavy atom. The van der Waals surface area contributed by atoms with Gasteiger partial charge in [0, 0.05) is 33.3 Å². The van der Waals surface area contributed by atoms with Crippen molar-refractivity contribution in [1.82, 2.24) is 14.8 Å². The summed E-state index contributed by atoms with van der Waals surface area (Å²) in [6, 6.07) is 10.7. The van der Waals surface area contributed by atoms with Crippen molar-refractivity contribution < 1.29 is 14.3 Å². The van der Waals surface area contributed by atoms with Crippen LogP contribution in [-0.2, 0) is 11.4 Å². The summed E-state index contributed by atoms with van der Waals surface area (Å²) in [5.41, 5.74) is 3.22. The lowest BCUT2D eigenvalue weighted by atomic mass is 9.73. The minimum Gasteiger partial charge on any atom is -0.490 e. The number of fused-ring (bicyclic) bond motifs is 1. The molecular formula is C28H30Cl2N4O3S. The summed E-state index contributed by atoms with van der Waals surface area (Å²) in [6.45, 7) is 8.95. The van der Waals surface area contributed by atoms with Crippen molar-refractivity contribution in [2.75, 3.05) is 17.7 Å². The summed E-state index contributed by atoms with van der Waals surface area (Å²) in [5, 5.41) is 9.98. The van der Waals surface area contributed by atoms with Crippen molar-refractivity contribution in [1.29, 1.82) is 0 Å². The minimum atomic E-state index is -0.414. The van der Waals surface area contributed by atoms with E-state index < -0.39 is 6.04 Å². The Balaban J connectivity index is 1.54. The molecule has 5 rings (SSSR count). The predicted molar refractivity (Wildman–Crippen MR) is 152 cm³/mol. The topological polar surface area (TPSA) is 78.3 Å². The van der Waals surface area contributed by atoms with E-state index >= 15 is 0 Å². The molecule has 1 aliphatic heterocycles. The number of ketones is 1. The Morgan fingerprint density at radius 3 is 2.66 bits per heavy atom. The van der Waals surface area contributed by atoms with E-state index in [-0.39, 0.29) is 17.8 Å². The number of anilines is 1. The first-order valence-corrected chi connectivity index (χ1v) is 14.4. The second-order valence-electron chi connectivity index (χ2n) is 10.1. The highest BCUT2D eigenvalue weighted by atomic mass is 35.5. The summed E-state index contributed by atoms with van der Waals surface area (Å²) in [5.74, 6) is 2.79. The number of carbonyl (C=O) groups excluding carboxylic acids is 1. The Morgan fingerprint density at radius 1 is 1.11 bits per heavy atom. The largest absolute Gasteiger partial charge is 0.490 e. The first-order chi connectivity index (χ1) is 18.2. The van der Waals surface area contributed by atoms with E-state index in [2.05, 4.69) is 26.1 Å². The summed E-state index contributed by atoms with van der Waals surface area (Å²) in [7, 11) is 0. The van der Waals surface area contributed by atoms with Crippen LogP contribution in [0.2, 0.25) is 10.0 Å². The molecule has 1 N–H and O–H groups in total. The molecule has 1 unspecified atom stereocenters. The van der Waals surface area contributed by atoms with Crippen molar-refractivity contribution in [3.05, 3.63) is 68.8 Å². The molecule has 38 heavy (non-hydrogen) atoms. The highest BCUT2D eigenvalue weighted by Crippen LogP contribution is 2.46. The zero-order chi connectivity index (χ0) is 27.0. The number of benzene rings is 2. The number of aromatic nitrogens is 3. The van der Waals surface area contributed by atoms with Gasteiger partial charge in [-0.3, -0.25) is 4.79 Å². The molecule has 2 aliphatic rings. The fourth-order valence-electron chi connectivity index (χ4n) is 4.96. The van der Waals surface area contributed by atoms with Gasteiger partial charge in [0.2, 0.25) is 11.1 Å². The van der Waals surface area contributed by atoms with Crippen LogP contribution in [-0.4, -0.2) is 32.9 Å². The van der Waals surface area contributed by atoms with E-state index in [1.807, 2.05) is 35.9 Å². The van der Waals surface area contributed by atoms with E-state index in [0.29, 0.717) is 45.7 Å². The van der Waals surface area contributed by atoms with Gasteiger partial charge in [0.1, 0.15) is 12.6 Å². The number of halogens is 2. The maximum absolute atomic E-state index is 13.5. The van der Waals surface area contributed by atoms with E-state index in [0.717, 1.165) is 34.6 Å². The van der Waals surface area contributed by atoms with Crippen LogP contribution in [0.1, 0.15) is 57.7 Å². The van der Waals surface area contributed by atoms with Gasteiger partial charge in [0.15, 0.2) is 17.3 Å². The Bertz CT molecular complexity index is 1420. The van der Waals surface area contributed by atoms with Gasteiger partial charge in [-0.15, -0.1) is 5.10 Å². The second kappa shape index (κ2) is 10.8. The summed E-state index contributed by atoms with van der Waals surface area (Å²) < 4.78 is 13.9. The molecule has 0 radical (unpaired) electrons. The lowest BCUT2D eigenvalue weighted by Gasteiger charge is -2.38. The first kappa shape index (κ1) is 26.9. The average molecular weight is 574 g/mol. The average Bonchev–Trinajstić information content (AvgIpc) is 3.24. The van der Waals surface area contributed by atoms with E-state index in [9.17, 15) is 4.79 Å². The molecule has 3 aromatic rings. The van der Waals surface area contributed by atoms with Crippen LogP contribution in [0.4, 0.5) is 5.95 Å². The van der Waals surface area contributed by atoms with Gasteiger partial charge in [-0.2, -0.15) is 4.98 Å². The molecule has 0 saturated heterocycles. The van der Waals surface area contributed by atoms with Gasteiger partial charge < -0.3 is 14.8 Å². The molecule has 0 saturated carbocycles. The third-order valence-corrected chi connectivity index (χ3v) is 7.87. The molecule has 1 aromatic heterocycles. The molecule has 200 valence electrons. The molecule has 0 amide bonds. The number of rotatable bonds is 8. The summed E-state index contributed by atoms with van der Waals surface area (Å²) in [4.78, 5) is 18.2. The highest BCUT2D eigenvalue weighted by molar-refractivity contribution is 7.99. The molecule has 7 nitrogen and oxygen atoms in total. The zero-order valence-electron chi connectivity index (χ0n) is 21.8. The zero-order valence-corrected chi connectivity index (χ0v) is 24.1. The summed E-state index contributed by atoms with van der Waals surface area (Å²) in [6.07, 6.45) is 1.24. The van der Waals surface area contributed by atoms with E-state index in [1.54, 1.807) is 23.9 Å². The third-order valence-electron chi connectivity index (χ3n) is 6.57. The molecule has 0 bridgehead atoms. The fraction of sp³-hybridized carbons (Fsp3) is 0.393. The van der Waals surface area contributed by atoms with Crippen LogP contribution >= 0.6 is 35.0 Å². The lowest BCUT2D eigenvalue weighted by molar-refractivity contribution is -0.118. The maximum atomic E-state index is 13.5. The van der Waals surface area contributed by atoms with Gasteiger partial charge in [-0.25, -0.2) is 4.68 Å². The quantitative estimate of drug-likeness (QED) is 0.283. The van der Waals surface area contributed by atoms with E-state index in [1.165, 1.54) is 0 Å². The van der Waals surface area contributed by atoms with Crippen molar-refractivity contribution in [3.63, 3.8) is 0 Å². The van der Waals surface area contributed by atoms with Crippen molar-refractivity contribution in [2.24, 2.45) is 5.41 Å². The fourth-order valence-corrected chi connectivity index (χ4v) is 5.98. The van der Waals surface area contributed by atoms with Crippen LogP contribution < -0.4 is 14.8 Å². The number of nitrogens with zero attached hydrogens (tertiary/aromatic N) is 3. The number of Topliss-reactive ketones (excluding diaryl/α,β-unsaturated/α-hetero) is 1. The molecule has 1 atom stereocenters. The van der Waals surface area contributed by atoms with Gasteiger partial charge >= 0.3 is 0 Å². The third kappa shape index (κ3) is 5.40. The van der Waals surface area contributed by atoms with Crippen LogP contribution in [0.3, 0.4) is 0 Å². The SMILES string of the molecule is CCOc1cc(C2C3=C(CC(C)(C)CC3=O)Nc3nc(SCC)nn32)ccc1OCc1ccc(Cl)cc1Cl. The van der Waals surface area contributed by atoms with Gasteiger partial charge in [0.05, 0.1) is 6.61 Å². The molecule has 2 aromatic carbocycles. The van der Waals surface area contributed by atoms with Crippen molar-refractivity contribution in [2.45, 2.75) is 58.3 Å². The van der Waals surface area contributed by atoms with Crippen LogP contribution in [0.15, 0.2) is 52.8 Å². The Kier molecular flexibility index (Phi) is 7.67. The second-order valence-corrected chi connectivity index (χ2v) is 12.2. The monoisotopic (exact) mass is 572 g/mol. The number of thioether (sulfide) groups is 1. The first-order valence-electron chi connectivity index (χ1n) is 12.6. The van der Waals surface area contributed by atoms with Gasteiger partial charge in [-0.05, 0) is 54.3 Å². The number of carbonyl (C=O) groups is 1. The number of hydrogen-bond acceptors (Lipinski definition) is 7. The normalized spacial score (nSPS) is 18.1. The smallest absolute Gasteiger partial charge is 0.227 e. The van der Waals surface area contributed by atoms with Gasteiger partial charge in [0.25, 0.3) is 0 Å². The lowest BCUT2D eigenvalue weighted by Crippen LogP contribution is -2.36. The molecule has 0 fully saturated rings. The van der Waals surface area contributed by atoms with Crippen LogP contribution in [0.5, 0.6) is 11.5 Å². The number of hydrogen-bond donors (Lipinski definition) is 1. The molecule has 10 heteroatoms. The highest BCUT2D eigenvalue weighted by Gasteiger charge is 2.42. The van der Waals surface area contributed by atoms with E-state index in [4.69, 9.17) is 42.8 Å². The Labute approximate surface area is 236 Å². The Hall–Kier alpha value is -2.68. The number of ether oxygens (including phenoxy) is 2. The van der Waals surface area contributed by atoms with Crippen LogP contribution in [0, 0.1) is 5.41 Å². The van der Waals surface area contributed by atoms with Crippen LogP contribution in [0.25, 0.3) is 0 Å². The molecule has 1 aliphatic carbocycles.